The second-order valence-electron chi connectivity index (χ2n) is 7.39. The monoisotopic (exact) mass is 438 g/mol. The van der Waals surface area contributed by atoms with Gasteiger partial charge in [-0.25, -0.2) is 8.42 Å². The standard InChI is InChI=1S/C20H20Cl2N2O3S/c21-15-6-9-18(22)19(11-15)28(26,27)23-16-3-1-2-14(10-16)20(25)24(17-7-8-17)12-13-4-5-13/h1-3,6,9-11,13,17,23H,4-5,7-8,12H2. The topological polar surface area (TPSA) is 66.5 Å². The summed E-state index contributed by atoms with van der Waals surface area (Å²) in [4.78, 5) is 14.8. The van der Waals surface area contributed by atoms with E-state index in [2.05, 4.69) is 4.72 Å². The molecule has 1 amide bonds. The second-order valence-corrected chi connectivity index (χ2v) is 9.89. The SMILES string of the molecule is O=C(c1cccc(NS(=O)(=O)c2cc(Cl)ccc2Cl)c1)N(CC1CC1)C1CC1. The van der Waals surface area contributed by atoms with Crippen molar-refractivity contribution in [2.75, 3.05) is 11.3 Å². The van der Waals surface area contributed by atoms with Crippen LogP contribution in [0.5, 0.6) is 0 Å². The zero-order valence-corrected chi connectivity index (χ0v) is 17.4. The summed E-state index contributed by atoms with van der Waals surface area (Å²) in [7, 11) is -3.93. The third-order valence-corrected chi connectivity index (χ3v) is 7.04. The number of rotatable bonds is 7. The van der Waals surface area contributed by atoms with Gasteiger partial charge >= 0.3 is 0 Å². The van der Waals surface area contributed by atoms with E-state index in [-0.39, 0.29) is 20.8 Å². The number of sulfonamides is 1. The van der Waals surface area contributed by atoms with Crippen LogP contribution in [0.3, 0.4) is 0 Å². The van der Waals surface area contributed by atoms with Gasteiger partial charge in [-0.1, -0.05) is 29.3 Å². The number of hydrogen-bond donors (Lipinski definition) is 1. The van der Waals surface area contributed by atoms with Crippen LogP contribution in [0.2, 0.25) is 10.0 Å². The molecule has 28 heavy (non-hydrogen) atoms. The van der Waals surface area contributed by atoms with E-state index in [1.807, 2.05) is 4.90 Å². The fraction of sp³-hybridized carbons (Fsp3) is 0.350. The fourth-order valence-electron chi connectivity index (χ4n) is 3.14. The lowest BCUT2D eigenvalue weighted by Gasteiger charge is -2.22. The number of nitrogens with zero attached hydrogens (tertiary/aromatic N) is 1. The molecule has 0 saturated heterocycles. The molecule has 4 rings (SSSR count). The van der Waals surface area contributed by atoms with Gasteiger partial charge in [0.2, 0.25) is 0 Å². The molecule has 2 aliphatic carbocycles. The van der Waals surface area contributed by atoms with Crippen LogP contribution >= 0.6 is 23.2 Å². The van der Waals surface area contributed by atoms with Gasteiger partial charge in [0, 0.05) is 28.9 Å². The lowest BCUT2D eigenvalue weighted by molar-refractivity contribution is 0.0735. The predicted molar refractivity (Wildman–Crippen MR) is 110 cm³/mol. The van der Waals surface area contributed by atoms with Gasteiger partial charge in [-0.05, 0) is 68.0 Å². The first-order valence-electron chi connectivity index (χ1n) is 9.22. The van der Waals surface area contributed by atoms with Gasteiger partial charge in [-0.15, -0.1) is 0 Å². The van der Waals surface area contributed by atoms with Crippen LogP contribution in [0, 0.1) is 5.92 Å². The number of nitrogens with one attached hydrogen (secondary N) is 1. The smallest absolute Gasteiger partial charge is 0.263 e. The number of carbonyl (C=O) groups is 1. The molecule has 0 spiro atoms. The molecule has 0 heterocycles. The molecule has 0 atom stereocenters. The Morgan fingerprint density at radius 2 is 1.82 bits per heavy atom. The highest BCUT2D eigenvalue weighted by Gasteiger charge is 2.36. The van der Waals surface area contributed by atoms with Crippen LogP contribution in [0.25, 0.3) is 0 Å². The molecule has 0 aromatic heterocycles. The summed E-state index contributed by atoms with van der Waals surface area (Å²) in [6, 6.07) is 11.1. The maximum Gasteiger partial charge on any atom is 0.263 e. The van der Waals surface area contributed by atoms with Crippen LogP contribution in [0.1, 0.15) is 36.0 Å². The van der Waals surface area contributed by atoms with E-state index in [0.717, 1.165) is 19.4 Å². The summed E-state index contributed by atoms with van der Waals surface area (Å²) in [6.45, 7) is 0.789. The van der Waals surface area contributed by atoms with E-state index in [1.54, 1.807) is 24.3 Å². The minimum Gasteiger partial charge on any atom is -0.335 e. The molecule has 2 aromatic rings. The quantitative estimate of drug-likeness (QED) is 0.674. The van der Waals surface area contributed by atoms with Crippen LogP contribution in [-0.2, 0) is 10.0 Å². The average Bonchev–Trinajstić information content (AvgIpc) is 3.54. The molecule has 2 saturated carbocycles. The van der Waals surface area contributed by atoms with Crippen LogP contribution < -0.4 is 4.72 Å². The maximum atomic E-state index is 13.0. The lowest BCUT2D eigenvalue weighted by Crippen LogP contribution is -2.34. The summed E-state index contributed by atoms with van der Waals surface area (Å²) in [6.07, 6.45) is 4.43. The number of anilines is 1. The molecular formula is C20H20Cl2N2O3S. The van der Waals surface area contributed by atoms with Crippen molar-refractivity contribution in [1.29, 1.82) is 0 Å². The van der Waals surface area contributed by atoms with Gasteiger partial charge in [-0.3, -0.25) is 9.52 Å². The van der Waals surface area contributed by atoms with Gasteiger partial charge in [0.15, 0.2) is 0 Å². The molecular weight excluding hydrogens is 419 g/mol. The highest BCUT2D eigenvalue weighted by Crippen LogP contribution is 2.36. The molecule has 5 nitrogen and oxygen atoms in total. The average molecular weight is 439 g/mol. The Morgan fingerprint density at radius 3 is 2.50 bits per heavy atom. The van der Waals surface area contributed by atoms with Gasteiger partial charge in [0.1, 0.15) is 4.90 Å². The molecule has 0 aliphatic heterocycles. The van der Waals surface area contributed by atoms with E-state index in [9.17, 15) is 13.2 Å². The largest absolute Gasteiger partial charge is 0.335 e. The van der Waals surface area contributed by atoms with Gasteiger partial charge in [0.05, 0.1) is 5.02 Å². The van der Waals surface area contributed by atoms with Crippen LogP contribution in [0.15, 0.2) is 47.4 Å². The van der Waals surface area contributed by atoms with Crippen molar-refractivity contribution in [2.24, 2.45) is 5.92 Å². The number of amides is 1. The van der Waals surface area contributed by atoms with Crippen molar-refractivity contribution in [2.45, 2.75) is 36.6 Å². The Morgan fingerprint density at radius 1 is 1.07 bits per heavy atom. The van der Waals surface area contributed by atoms with Crippen molar-refractivity contribution < 1.29 is 13.2 Å². The van der Waals surface area contributed by atoms with Crippen molar-refractivity contribution >= 4 is 44.8 Å². The molecule has 148 valence electrons. The van der Waals surface area contributed by atoms with E-state index < -0.39 is 10.0 Å². The first-order chi connectivity index (χ1) is 13.3. The predicted octanol–water partition coefficient (Wildman–Crippen LogP) is 4.81. The van der Waals surface area contributed by atoms with E-state index in [4.69, 9.17) is 23.2 Å². The van der Waals surface area contributed by atoms with Crippen molar-refractivity contribution in [3.05, 3.63) is 58.1 Å². The Bertz CT molecular complexity index is 1020. The maximum absolute atomic E-state index is 13.0. The van der Waals surface area contributed by atoms with Gasteiger partial charge in [0.25, 0.3) is 15.9 Å². The van der Waals surface area contributed by atoms with Crippen molar-refractivity contribution in [3.8, 4) is 0 Å². The first-order valence-corrected chi connectivity index (χ1v) is 11.5. The molecule has 0 bridgehead atoms. The first kappa shape index (κ1) is 19.6. The fourth-order valence-corrected chi connectivity index (χ4v) is 4.95. The zero-order chi connectivity index (χ0) is 19.9. The summed E-state index contributed by atoms with van der Waals surface area (Å²) < 4.78 is 27.9. The minimum atomic E-state index is -3.93. The highest BCUT2D eigenvalue weighted by atomic mass is 35.5. The molecule has 0 unspecified atom stereocenters. The van der Waals surface area contributed by atoms with Gasteiger partial charge < -0.3 is 4.90 Å². The van der Waals surface area contributed by atoms with Gasteiger partial charge in [-0.2, -0.15) is 0 Å². The third-order valence-electron chi connectivity index (χ3n) is 4.94. The summed E-state index contributed by atoms with van der Waals surface area (Å²) in [5, 5.41) is 0.349. The second kappa shape index (κ2) is 7.58. The zero-order valence-electron chi connectivity index (χ0n) is 15.1. The highest BCUT2D eigenvalue weighted by molar-refractivity contribution is 7.92. The normalized spacial score (nSPS) is 16.6. The minimum absolute atomic E-state index is 0.0452. The van der Waals surface area contributed by atoms with Crippen molar-refractivity contribution in [3.63, 3.8) is 0 Å². The number of halogens is 2. The molecule has 2 aromatic carbocycles. The molecule has 8 heteroatoms. The summed E-state index contributed by atoms with van der Waals surface area (Å²) >= 11 is 11.9. The Labute approximate surface area is 174 Å². The number of benzene rings is 2. The summed E-state index contributed by atoms with van der Waals surface area (Å²) in [5.41, 5.74) is 0.786. The Kier molecular flexibility index (Phi) is 5.29. The molecule has 2 aliphatic rings. The van der Waals surface area contributed by atoms with Crippen LogP contribution in [0.4, 0.5) is 5.69 Å². The molecule has 2 fully saturated rings. The van der Waals surface area contributed by atoms with E-state index in [0.29, 0.717) is 23.2 Å². The molecule has 1 N–H and O–H groups in total. The van der Waals surface area contributed by atoms with E-state index >= 15 is 0 Å². The number of hydrogen-bond acceptors (Lipinski definition) is 3. The third kappa shape index (κ3) is 4.45. The number of carbonyl (C=O) groups excluding carboxylic acids is 1. The summed E-state index contributed by atoms with van der Waals surface area (Å²) in [5.74, 6) is 0.562. The Hall–Kier alpha value is -1.76. The Balaban J connectivity index is 1.56. The lowest BCUT2D eigenvalue weighted by atomic mass is 10.1. The van der Waals surface area contributed by atoms with E-state index in [1.165, 1.54) is 31.0 Å². The van der Waals surface area contributed by atoms with Crippen molar-refractivity contribution in [1.82, 2.24) is 4.90 Å². The molecule has 0 radical (unpaired) electrons. The van der Waals surface area contributed by atoms with Crippen LogP contribution in [-0.4, -0.2) is 31.8 Å².